The van der Waals surface area contributed by atoms with E-state index >= 15 is 0 Å². The van der Waals surface area contributed by atoms with Crippen molar-refractivity contribution in [2.75, 3.05) is 24.4 Å². The van der Waals surface area contributed by atoms with Crippen LogP contribution in [0.5, 0.6) is 23.0 Å². The molecule has 1 fully saturated rings. The van der Waals surface area contributed by atoms with E-state index < -0.39 is 29.0 Å². The van der Waals surface area contributed by atoms with Crippen molar-refractivity contribution in [1.82, 2.24) is 4.98 Å². The summed E-state index contributed by atoms with van der Waals surface area (Å²) in [6.45, 7) is 0.448. The number of amides is 2. The van der Waals surface area contributed by atoms with Gasteiger partial charge in [-0.25, -0.2) is 4.39 Å². The van der Waals surface area contributed by atoms with E-state index in [9.17, 15) is 18.8 Å². The van der Waals surface area contributed by atoms with Crippen LogP contribution in [0, 0.1) is 11.2 Å². The number of nitrogens with one attached hydrogen (secondary N) is 2. The maximum absolute atomic E-state index is 13.2. The molecule has 5 rings (SSSR count). The Morgan fingerprint density at radius 2 is 1.57 bits per heavy atom. The Morgan fingerprint density at radius 3 is 2.23 bits per heavy atom. The Morgan fingerprint density at radius 1 is 0.894 bits per heavy atom. The number of carbonyl (C=O) groups is 3. The van der Waals surface area contributed by atoms with E-state index in [-0.39, 0.29) is 42.4 Å². The summed E-state index contributed by atoms with van der Waals surface area (Å²) in [6, 6.07) is 15.4. The number of carbonyl (C=O) groups excluding carboxylic acids is 2. The third-order valence-corrected chi connectivity index (χ3v) is 7.96. The number of pyridine rings is 1. The number of nitrogens with zero attached hydrogens (tertiary/aromatic N) is 1. The number of fused-ring (bicyclic) bond motifs is 1. The van der Waals surface area contributed by atoms with Crippen molar-refractivity contribution in [1.29, 1.82) is 0 Å². The van der Waals surface area contributed by atoms with Crippen molar-refractivity contribution in [3.8, 4) is 23.0 Å². The zero-order valence-electron chi connectivity index (χ0n) is 27.1. The van der Waals surface area contributed by atoms with Crippen LogP contribution in [-0.4, -0.2) is 41.6 Å². The molecule has 0 radical (unpaired) electrons. The molecule has 10 nitrogen and oxygen atoms in total. The fourth-order valence-corrected chi connectivity index (χ4v) is 5.12. The predicted octanol–water partition coefficient (Wildman–Crippen LogP) is 4.72. The molecule has 0 aliphatic heterocycles. The van der Waals surface area contributed by atoms with Crippen LogP contribution < -0.4 is 54.4 Å². The molecule has 0 unspecified atom stereocenters. The molecule has 0 saturated heterocycles. The molecule has 0 atom stereocenters. The molecule has 1 saturated carbocycles. The second-order valence-corrected chi connectivity index (χ2v) is 11.4. The van der Waals surface area contributed by atoms with Crippen molar-refractivity contribution in [3.63, 3.8) is 0 Å². The molecule has 1 aromatic heterocycles. The molecule has 2 amide bonds. The molecule has 1 aliphatic rings. The third-order valence-electron chi connectivity index (χ3n) is 7.66. The average molecular weight is 674 g/mol. The van der Waals surface area contributed by atoms with Crippen molar-refractivity contribution in [2.24, 2.45) is 5.41 Å². The molecule has 13 heteroatoms. The molecule has 4 aromatic rings. The zero-order valence-corrected chi connectivity index (χ0v) is 28.9. The summed E-state index contributed by atoms with van der Waals surface area (Å²) in [5.74, 6) is -0.282. The number of hydrogen-bond donors (Lipinski definition) is 3. The first-order valence-electron chi connectivity index (χ1n) is 14.9. The summed E-state index contributed by atoms with van der Waals surface area (Å²) >= 11 is 6.55. The van der Waals surface area contributed by atoms with Gasteiger partial charge < -0.3 is 31.4 Å². The Kier molecular flexibility index (Phi) is 12.4. The first kappa shape index (κ1) is 35.9. The molecule has 47 heavy (non-hydrogen) atoms. The number of anilines is 2. The number of hydrogen-bond acceptors (Lipinski definition) is 7. The third kappa shape index (κ3) is 9.13. The summed E-state index contributed by atoms with van der Waals surface area (Å²) in [6.07, 6.45) is 5.64. The van der Waals surface area contributed by atoms with Gasteiger partial charge in [0.25, 0.3) is 0 Å². The summed E-state index contributed by atoms with van der Waals surface area (Å²) in [7, 11) is 1.54. The largest absolute Gasteiger partial charge is 1.00 e. The van der Waals surface area contributed by atoms with Crippen LogP contribution in [0.4, 0.5) is 15.8 Å². The minimum atomic E-state index is -1.21. The predicted molar refractivity (Wildman–Crippen MR) is 172 cm³/mol. The van der Waals surface area contributed by atoms with E-state index in [1.807, 2.05) is 0 Å². The van der Waals surface area contributed by atoms with Crippen LogP contribution in [0.1, 0.15) is 46.4 Å². The number of aliphatic carboxylic acids is 1. The van der Waals surface area contributed by atoms with Gasteiger partial charge in [-0.05, 0) is 80.3 Å². The van der Waals surface area contributed by atoms with Crippen LogP contribution in [0.25, 0.3) is 10.9 Å². The first-order valence-corrected chi connectivity index (χ1v) is 15.2. The molecule has 0 spiro atoms. The molecular formula is C34H34ClFN3NaO7. The number of ether oxygens (including phenoxy) is 3. The van der Waals surface area contributed by atoms with Gasteiger partial charge in [0.15, 0.2) is 11.5 Å². The maximum atomic E-state index is 13.2. The minimum absolute atomic E-state index is 0. The fraction of sp³-hybridized carbons (Fsp3) is 0.294. The quantitative estimate of drug-likeness (QED) is 0.0938. The van der Waals surface area contributed by atoms with Gasteiger partial charge in [0.05, 0.1) is 24.3 Å². The normalized spacial score (nSPS) is 12.8. The summed E-state index contributed by atoms with van der Waals surface area (Å²) in [5.41, 5.74) is 0.202. The number of carboxylic acid groups (broad SMARTS) is 1. The molecule has 1 aliphatic carbocycles. The molecule has 3 aromatic carbocycles. The number of benzene rings is 3. The second kappa shape index (κ2) is 16.3. The smallest absolute Gasteiger partial charge is 1.00 e. The van der Waals surface area contributed by atoms with Crippen molar-refractivity contribution in [3.05, 3.63) is 77.7 Å². The van der Waals surface area contributed by atoms with Gasteiger partial charge in [-0.3, -0.25) is 19.4 Å². The Labute approximate surface area is 299 Å². The van der Waals surface area contributed by atoms with Crippen LogP contribution in [0.3, 0.4) is 0 Å². The second-order valence-electron chi connectivity index (χ2n) is 11.0. The first-order chi connectivity index (χ1) is 22.2. The zero-order chi connectivity index (χ0) is 32.7. The number of halogens is 2. The van der Waals surface area contributed by atoms with Crippen LogP contribution in [-0.2, 0) is 14.4 Å². The molecule has 242 valence electrons. The van der Waals surface area contributed by atoms with E-state index in [1.54, 1.807) is 49.7 Å². The van der Waals surface area contributed by atoms with Gasteiger partial charge >= 0.3 is 35.5 Å². The fourth-order valence-electron chi connectivity index (χ4n) is 4.90. The van der Waals surface area contributed by atoms with Crippen molar-refractivity contribution >= 4 is 51.7 Å². The van der Waals surface area contributed by atoms with Gasteiger partial charge in [0, 0.05) is 35.4 Å². The number of aromatic nitrogens is 1. The Hall–Kier alpha value is -3.90. The SMILES string of the molecule is COc1cc2c(Oc3ccc(NC(=O)C4(C(=O)Nc5ccc(F)cc5)CC4)cc3Cl)ccnc2cc1OCCCCCCC(=O)O.[H-].[Na+]. The monoisotopic (exact) mass is 673 g/mol. The van der Waals surface area contributed by atoms with E-state index in [0.717, 1.165) is 19.3 Å². The van der Waals surface area contributed by atoms with Gasteiger partial charge in [0.1, 0.15) is 22.7 Å². The average Bonchev–Trinajstić information content (AvgIpc) is 3.85. The van der Waals surface area contributed by atoms with Crippen molar-refractivity contribution in [2.45, 2.75) is 44.9 Å². The maximum Gasteiger partial charge on any atom is 1.00 e. The topological polar surface area (TPSA) is 136 Å². The molecule has 0 bridgehead atoms. The Balaban J connectivity index is 0.00000312. The number of unbranched alkanes of at least 4 members (excludes halogenated alkanes) is 3. The summed E-state index contributed by atoms with van der Waals surface area (Å²) < 4.78 is 30.9. The molecule has 1 heterocycles. The molecule has 3 N–H and O–H groups in total. The summed E-state index contributed by atoms with van der Waals surface area (Å²) in [5, 5.41) is 15.1. The van der Waals surface area contributed by atoms with Gasteiger partial charge in [-0.1, -0.05) is 24.4 Å². The van der Waals surface area contributed by atoms with Crippen molar-refractivity contribution < 1.29 is 69.1 Å². The van der Waals surface area contributed by atoms with E-state index in [2.05, 4.69) is 15.6 Å². The Bertz CT molecular complexity index is 1760. The van der Waals surface area contributed by atoms with Crippen LogP contribution in [0.15, 0.2) is 66.9 Å². The van der Waals surface area contributed by atoms with Gasteiger partial charge in [0.2, 0.25) is 11.8 Å². The van der Waals surface area contributed by atoms with E-state index in [4.69, 9.17) is 30.9 Å². The summed E-state index contributed by atoms with van der Waals surface area (Å²) in [4.78, 5) is 41.1. The number of rotatable bonds is 15. The minimum Gasteiger partial charge on any atom is -1.00 e. The number of methoxy groups -OCH3 is 1. The van der Waals surface area contributed by atoms with E-state index in [1.165, 1.54) is 24.3 Å². The van der Waals surface area contributed by atoms with Gasteiger partial charge in [-0.2, -0.15) is 0 Å². The molecular weight excluding hydrogens is 640 g/mol. The standard InChI is InChI=1S/C34H33ClFN3O7.Na.H/c1-44-29-19-24-26(20-30(29)45-17-5-3-2-4-6-31(40)41)37-16-13-27(24)46-28-12-11-23(18-25(28)35)39-33(43)34(14-15-34)32(42)38-22-9-7-21(36)8-10-22;;/h7-13,16,18-20H,2-6,14-15,17H2,1H3,(H,38,42)(H,39,43)(H,40,41);;/q;+1;-1. The van der Waals surface area contributed by atoms with Crippen LogP contribution in [0.2, 0.25) is 5.02 Å². The van der Waals surface area contributed by atoms with Crippen LogP contribution >= 0.6 is 11.6 Å². The van der Waals surface area contributed by atoms with E-state index in [0.29, 0.717) is 71.1 Å². The number of carboxylic acids is 1. The van der Waals surface area contributed by atoms with Gasteiger partial charge in [-0.15, -0.1) is 0 Å².